The van der Waals surface area contributed by atoms with E-state index in [2.05, 4.69) is 4.98 Å². The van der Waals surface area contributed by atoms with Crippen LogP contribution in [0.5, 0.6) is 0 Å². The van der Waals surface area contributed by atoms with Gasteiger partial charge in [-0.15, -0.1) is 0 Å². The molecule has 0 aliphatic carbocycles. The SMILES string of the molecule is O=C(c1ccc(C(F)(F)F)cc1)C(c1ccccc1)c1c[nH]c2ccccc12. The third-order valence-corrected chi connectivity index (χ3v) is 4.82. The number of hydrogen-bond acceptors (Lipinski definition) is 1. The van der Waals surface area contributed by atoms with Gasteiger partial charge in [0.25, 0.3) is 0 Å². The molecule has 1 heterocycles. The Labute approximate surface area is 159 Å². The highest BCUT2D eigenvalue weighted by Gasteiger charge is 2.31. The molecule has 1 atom stereocenters. The van der Waals surface area contributed by atoms with Crippen molar-refractivity contribution in [2.75, 3.05) is 0 Å². The summed E-state index contributed by atoms with van der Waals surface area (Å²) in [6, 6.07) is 21.3. The molecule has 0 aliphatic heterocycles. The Hall–Kier alpha value is -3.34. The Balaban J connectivity index is 1.81. The third kappa shape index (κ3) is 3.31. The maximum atomic E-state index is 13.4. The van der Waals surface area contributed by atoms with Crippen LogP contribution in [0, 0.1) is 0 Å². The summed E-state index contributed by atoms with van der Waals surface area (Å²) in [7, 11) is 0. The summed E-state index contributed by atoms with van der Waals surface area (Å²) < 4.78 is 38.6. The lowest BCUT2D eigenvalue weighted by Gasteiger charge is -2.17. The van der Waals surface area contributed by atoms with Crippen molar-refractivity contribution >= 4 is 16.7 Å². The van der Waals surface area contributed by atoms with Gasteiger partial charge in [0.05, 0.1) is 11.5 Å². The number of halogens is 3. The van der Waals surface area contributed by atoms with Gasteiger partial charge in [-0.1, -0.05) is 60.7 Å². The largest absolute Gasteiger partial charge is 0.416 e. The summed E-state index contributed by atoms with van der Waals surface area (Å²) in [5, 5.41) is 0.914. The van der Waals surface area contributed by atoms with Crippen LogP contribution in [0.15, 0.2) is 85.1 Å². The molecule has 0 saturated carbocycles. The molecule has 0 saturated heterocycles. The fourth-order valence-corrected chi connectivity index (χ4v) is 3.44. The van der Waals surface area contributed by atoms with E-state index in [1.807, 2.05) is 54.6 Å². The number of benzene rings is 3. The zero-order chi connectivity index (χ0) is 19.7. The molecule has 2 nitrogen and oxygen atoms in total. The number of alkyl halides is 3. The monoisotopic (exact) mass is 379 g/mol. The molecule has 140 valence electrons. The second kappa shape index (κ2) is 7.00. The van der Waals surface area contributed by atoms with Gasteiger partial charge in [-0.05, 0) is 29.3 Å². The summed E-state index contributed by atoms with van der Waals surface area (Å²) in [6.07, 6.45) is -2.64. The van der Waals surface area contributed by atoms with Crippen molar-refractivity contribution in [3.63, 3.8) is 0 Å². The average Bonchev–Trinajstić information content (AvgIpc) is 3.12. The fourth-order valence-electron chi connectivity index (χ4n) is 3.44. The number of para-hydroxylation sites is 1. The first-order valence-corrected chi connectivity index (χ1v) is 8.77. The van der Waals surface area contributed by atoms with Crippen molar-refractivity contribution in [3.05, 3.63) is 107 Å². The number of fused-ring (bicyclic) bond motifs is 1. The number of hydrogen-bond donors (Lipinski definition) is 1. The predicted molar refractivity (Wildman–Crippen MR) is 102 cm³/mol. The van der Waals surface area contributed by atoms with Crippen LogP contribution in [0.3, 0.4) is 0 Å². The van der Waals surface area contributed by atoms with Crippen LogP contribution >= 0.6 is 0 Å². The smallest absolute Gasteiger partial charge is 0.361 e. The van der Waals surface area contributed by atoms with Gasteiger partial charge in [-0.25, -0.2) is 0 Å². The maximum Gasteiger partial charge on any atom is 0.416 e. The molecular weight excluding hydrogens is 363 g/mol. The quantitative estimate of drug-likeness (QED) is 0.421. The van der Waals surface area contributed by atoms with E-state index in [4.69, 9.17) is 0 Å². The summed E-state index contributed by atoms with van der Waals surface area (Å²) >= 11 is 0. The van der Waals surface area contributed by atoms with Crippen LogP contribution in [-0.2, 0) is 6.18 Å². The minimum atomic E-state index is -4.43. The lowest BCUT2D eigenvalue weighted by atomic mass is 9.84. The van der Waals surface area contributed by atoms with Crippen molar-refractivity contribution in [1.29, 1.82) is 0 Å². The van der Waals surface area contributed by atoms with E-state index < -0.39 is 17.7 Å². The van der Waals surface area contributed by atoms with Gasteiger partial charge in [0, 0.05) is 22.7 Å². The highest BCUT2D eigenvalue weighted by molar-refractivity contribution is 6.05. The first kappa shape index (κ1) is 18.0. The van der Waals surface area contributed by atoms with Gasteiger partial charge in [0.1, 0.15) is 0 Å². The molecule has 1 unspecified atom stereocenters. The molecule has 3 aromatic carbocycles. The van der Waals surface area contributed by atoms with E-state index >= 15 is 0 Å². The Morgan fingerprint density at radius 2 is 1.46 bits per heavy atom. The molecule has 4 aromatic rings. The van der Waals surface area contributed by atoms with Gasteiger partial charge >= 0.3 is 6.18 Å². The molecule has 0 fully saturated rings. The van der Waals surface area contributed by atoms with Crippen molar-refractivity contribution in [2.45, 2.75) is 12.1 Å². The van der Waals surface area contributed by atoms with Crippen LogP contribution < -0.4 is 0 Å². The van der Waals surface area contributed by atoms with Gasteiger partial charge in [-0.2, -0.15) is 13.2 Å². The zero-order valence-corrected chi connectivity index (χ0v) is 14.7. The normalized spacial score (nSPS) is 12.8. The molecule has 1 N–H and O–H groups in total. The average molecular weight is 379 g/mol. The number of H-pyrrole nitrogens is 1. The number of rotatable bonds is 4. The van der Waals surface area contributed by atoms with Gasteiger partial charge in [-0.3, -0.25) is 4.79 Å². The Morgan fingerprint density at radius 3 is 2.14 bits per heavy atom. The summed E-state index contributed by atoms with van der Waals surface area (Å²) in [6.45, 7) is 0. The number of aromatic amines is 1. The molecule has 5 heteroatoms. The highest BCUT2D eigenvalue weighted by Crippen LogP contribution is 2.34. The van der Waals surface area contributed by atoms with Crippen molar-refractivity contribution in [1.82, 2.24) is 4.98 Å². The minimum Gasteiger partial charge on any atom is -0.361 e. The molecule has 0 amide bonds. The van der Waals surface area contributed by atoms with Crippen LogP contribution in [0.25, 0.3) is 10.9 Å². The number of carbonyl (C=O) groups excluding carboxylic acids is 1. The molecule has 28 heavy (non-hydrogen) atoms. The topological polar surface area (TPSA) is 32.9 Å². The first-order chi connectivity index (χ1) is 13.4. The molecule has 0 radical (unpaired) electrons. The number of ketones is 1. The minimum absolute atomic E-state index is 0.243. The molecule has 0 bridgehead atoms. The van der Waals surface area contributed by atoms with Gasteiger partial charge in [0.15, 0.2) is 5.78 Å². The van der Waals surface area contributed by atoms with E-state index in [9.17, 15) is 18.0 Å². The number of carbonyl (C=O) groups is 1. The standard InChI is InChI=1S/C23H16F3NO/c24-23(25,26)17-12-10-16(11-13-17)22(28)21(15-6-2-1-3-7-15)19-14-27-20-9-5-4-8-18(19)20/h1-14,21,27H. The molecule has 4 rings (SSSR count). The summed E-state index contributed by atoms with van der Waals surface area (Å²) in [4.78, 5) is 16.5. The molecule has 0 spiro atoms. The Bertz CT molecular complexity index is 1110. The van der Waals surface area contributed by atoms with Crippen molar-refractivity contribution in [2.24, 2.45) is 0 Å². The third-order valence-electron chi connectivity index (χ3n) is 4.82. The van der Waals surface area contributed by atoms with Crippen LogP contribution in [0.4, 0.5) is 13.2 Å². The van der Waals surface area contributed by atoms with Crippen molar-refractivity contribution in [3.8, 4) is 0 Å². The van der Waals surface area contributed by atoms with E-state index in [0.29, 0.717) is 0 Å². The van der Waals surface area contributed by atoms with Gasteiger partial charge < -0.3 is 4.98 Å². The first-order valence-electron chi connectivity index (χ1n) is 8.77. The number of aromatic nitrogens is 1. The summed E-state index contributed by atoms with van der Waals surface area (Å²) in [5.74, 6) is -0.862. The highest BCUT2D eigenvalue weighted by atomic mass is 19.4. The molecule has 1 aromatic heterocycles. The van der Waals surface area contributed by atoms with Crippen molar-refractivity contribution < 1.29 is 18.0 Å². The van der Waals surface area contributed by atoms with E-state index in [-0.39, 0.29) is 11.3 Å². The second-order valence-electron chi connectivity index (χ2n) is 6.57. The zero-order valence-electron chi connectivity index (χ0n) is 14.7. The lowest BCUT2D eigenvalue weighted by molar-refractivity contribution is -0.137. The van der Waals surface area contributed by atoms with E-state index in [1.54, 1.807) is 6.20 Å². The predicted octanol–water partition coefficient (Wildman–Crippen LogP) is 6.20. The number of Topliss-reactive ketones (excluding diaryl/α,β-unsaturated/α-hetero) is 1. The number of nitrogens with one attached hydrogen (secondary N) is 1. The van der Waals surface area contributed by atoms with E-state index in [1.165, 1.54) is 12.1 Å². The van der Waals surface area contributed by atoms with Crippen LogP contribution in [0.1, 0.15) is 33.0 Å². The Kier molecular flexibility index (Phi) is 4.51. The fraction of sp³-hybridized carbons (Fsp3) is 0.0870. The maximum absolute atomic E-state index is 13.4. The van der Waals surface area contributed by atoms with Gasteiger partial charge in [0.2, 0.25) is 0 Å². The Morgan fingerprint density at radius 1 is 0.821 bits per heavy atom. The van der Waals surface area contributed by atoms with E-state index in [0.717, 1.165) is 34.2 Å². The lowest BCUT2D eigenvalue weighted by Crippen LogP contribution is -2.15. The summed E-state index contributed by atoms with van der Waals surface area (Å²) in [5.41, 5.74) is 1.96. The van der Waals surface area contributed by atoms with Crippen LogP contribution in [0.2, 0.25) is 0 Å². The molecular formula is C23H16F3NO. The van der Waals surface area contributed by atoms with Crippen LogP contribution in [-0.4, -0.2) is 10.8 Å². The second-order valence-corrected chi connectivity index (χ2v) is 6.57. The molecule has 0 aliphatic rings.